The minimum Gasteiger partial charge on any atom is -0.493 e. The molecule has 0 aliphatic heterocycles. The molecule has 6 heteroatoms. The number of aromatic nitrogens is 2. The maximum Gasteiger partial charge on any atom is 0.260 e. The second kappa shape index (κ2) is 4.33. The van der Waals surface area contributed by atoms with Crippen LogP contribution >= 0.6 is 11.3 Å². The number of benzene rings is 1. The molecule has 0 fully saturated rings. The zero-order valence-electron chi connectivity index (χ0n) is 11.5. The van der Waals surface area contributed by atoms with Crippen molar-refractivity contribution in [1.29, 1.82) is 0 Å². The maximum absolute atomic E-state index is 12.1. The van der Waals surface area contributed by atoms with Crippen molar-refractivity contribution in [3.63, 3.8) is 0 Å². The molecule has 0 unspecified atom stereocenters. The van der Waals surface area contributed by atoms with Crippen molar-refractivity contribution in [2.45, 2.75) is 6.42 Å². The van der Waals surface area contributed by atoms with Crippen LogP contribution in [0.3, 0.4) is 0 Å². The lowest BCUT2D eigenvalue weighted by Gasteiger charge is -2.10. The van der Waals surface area contributed by atoms with Crippen LogP contribution in [0.25, 0.3) is 21.3 Å². The first kappa shape index (κ1) is 12.4. The van der Waals surface area contributed by atoms with Gasteiger partial charge in [0.25, 0.3) is 5.56 Å². The molecule has 1 aliphatic rings. The quantitative estimate of drug-likeness (QED) is 0.618. The third-order valence-electron chi connectivity index (χ3n) is 3.80. The number of hydrogen-bond donors (Lipinski definition) is 1. The van der Waals surface area contributed by atoms with Crippen molar-refractivity contribution < 1.29 is 9.47 Å². The van der Waals surface area contributed by atoms with Crippen molar-refractivity contribution >= 4 is 21.6 Å². The van der Waals surface area contributed by atoms with Crippen LogP contribution in [0.4, 0.5) is 0 Å². The number of H-pyrrole nitrogens is 1. The molecule has 1 aromatic carbocycles. The predicted molar refractivity (Wildman–Crippen MR) is 81.6 cm³/mol. The molecular formula is C15H12N2O3S. The molecule has 0 bridgehead atoms. The van der Waals surface area contributed by atoms with Gasteiger partial charge in [-0.15, -0.1) is 11.3 Å². The molecule has 1 aliphatic carbocycles. The molecule has 3 aromatic rings. The number of rotatable bonds is 2. The lowest BCUT2D eigenvalue weighted by molar-refractivity contribution is 0.355. The van der Waals surface area contributed by atoms with E-state index in [4.69, 9.17) is 9.47 Å². The number of aromatic amines is 1. The van der Waals surface area contributed by atoms with Crippen LogP contribution in [0, 0.1) is 0 Å². The van der Waals surface area contributed by atoms with Gasteiger partial charge in [0.2, 0.25) is 0 Å². The molecule has 21 heavy (non-hydrogen) atoms. The highest BCUT2D eigenvalue weighted by atomic mass is 32.1. The SMILES string of the molecule is COc1cc2c(cc1OC)-c1c(sc3nc[nH]c(=O)c13)C2. The molecule has 5 nitrogen and oxygen atoms in total. The van der Waals surface area contributed by atoms with Crippen LogP contribution in [0.15, 0.2) is 23.3 Å². The van der Waals surface area contributed by atoms with Gasteiger partial charge < -0.3 is 14.5 Å². The number of fused-ring (bicyclic) bond motifs is 5. The third-order valence-corrected chi connectivity index (χ3v) is 4.89. The summed E-state index contributed by atoms with van der Waals surface area (Å²) >= 11 is 1.57. The van der Waals surface area contributed by atoms with E-state index >= 15 is 0 Å². The molecule has 0 spiro atoms. The van der Waals surface area contributed by atoms with Crippen molar-refractivity contribution in [2.75, 3.05) is 14.2 Å². The lowest BCUT2D eigenvalue weighted by Crippen LogP contribution is -2.05. The van der Waals surface area contributed by atoms with Crippen molar-refractivity contribution in [1.82, 2.24) is 9.97 Å². The zero-order valence-corrected chi connectivity index (χ0v) is 12.3. The second-order valence-electron chi connectivity index (χ2n) is 4.85. The highest BCUT2D eigenvalue weighted by Crippen LogP contribution is 2.47. The Morgan fingerprint density at radius 2 is 2.00 bits per heavy atom. The molecule has 0 amide bonds. The van der Waals surface area contributed by atoms with Gasteiger partial charge in [0.15, 0.2) is 11.5 Å². The van der Waals surface area contributed by atoms with E-state index in [0.29, 0.717) is 16.9 Å². The van der Waals surface area contributed by atoms with Gasteiger partial charge >= 0.3 is 0 Å². The monoisotopic (exact) mass is 300 g/mol. The summed E-state index contributed by atoms with van der Waals surface area (Å²) in [6.45, 7) is 0. The summed E-state index contributed by atoms with van der Waals surface area (Å²) in [5, 5.41) is 0.670. The topological polar surface area (TPSA) is 64.2 Å². The van der Waals surface area contributed by atoms with E-state index in [9.17, 15) is 4.79 Å². The van der Waals surface area contributed by atoms with Crippen molar-refractivity contribution in [2.24, 2.45) is 0 Å². The highest BCUT2D eigenvalue weighted by molar-refractivity contribution is 7.19. The molecule has 2 heterocycles. The molecule has 0 atom stereocenters. The summed E-state index contributed by atoms with van der Waals surface area (Å²) in [5.41, 5.74) is 3.08. The molecule has 0 radical (unpaired) electrons. The standard InChI is InChI=1S/C15H12N2O3S/c1-19-9-3-7-4-11-12(8(7)5-10(9)20-2)13-14(18)16-6-17-15(13)21-11/h3,5-6H,4H2,1-2H3,(H,16,17,18). The fourth-order valence-electron chi connectivity index (χ4n) is 2.87. The fourth-order valence-corrected chi connectivity index (χ4v) is 4.05. The predicted octanol–water partition coefficient (Wildman–Crippen LogP) is 2.57. The van der Waals surface area contributed by atoms with Gasteiger partial charge in [-0.05, 0) is 23.3 Å². The first-order valence-electron chi connectivity index (χ1n) is 6.47. The van der Waals surface area contributed by atoms with E-state index in [1.807, 2.05) is 12.1 Å². The molecule has 4 rings (SSSR count). The number of nitrogens with zero attached hydrogens (tertiary/aromatic N) is 1. The number of thiophene rings is 1. The number of nitrogens with one attached hydrogen (secondary N) is 1. The lowest BCUT2D eigenvalue weighted by atomic mass is 10.0. The molecule has 0 saturated heterocycles. The van der Waals surface area contributed by atoms with Gasteiger partial charge in [0, 0.05) is 16.9 Å². The first-order valence-corrected chi connectivity index (χ1v) is 7.29. The summed E-state index contributed by atoms with van der Waals surface area (Å²) in [5.74, 6) is 1.38. The minimum absolute atomic E-state index is 0.0971. The van der Waals surface area contributed by atoms with E-state index in [-0.39, 0.29) is 5.56 Å². The van der Waals surface area contributed by atoms with E-state index in [0.717, 1.165) is 27.9 Å². The van der Waals surface area contributed by atoms with Crippen molar-refractivity contribution in [3.05, 3.63) is 39.3 Å². The third kappa shape index (κ3) is 1.62. The molecule has 106 valence electrons. The Morgan fingerprint density at radius 3 is 2.76 bits per heavy atom. The number of methoxy groups -OCH3 is 2. The van der Waals surface area contributed by atoms with Crippen LogP contribution in [-0.4, -0.2) is 24.2 Å². The van der Waals surface area contributed by atoms with E-state index < -0.39 is 0 Å². The summed E-state index contributed by atoms with van der Waals surface area (Å²) in [7, 11) is 3.24. The Labute approximate surface area is 124 Å². The second-order valence-corrected chi connectivity index (χ2v) is 5.94. The summed E-state index contributed by atoms with van der Waals surface area (Å²) in [6.07, 6.45) is 2.25. The molecule has 2 aromatic heterocycles. The number of ether oxygens (including phenoxy) is 2. The summed E-state index contributed by atoms with van der Waals surface area (Å²) < 4.78 is 10.7. The van der Waals surface area contributed by atoms with Gasteiger partial charge in [-0.1, -0.05) is 0 Å². The van der Waals surface area contributed by atoms with Crippen molar-refractivity contribution in [3.8, 4) is 22.6 Å². The van der Waals surface area contributed by atoms with Crippen LogP contribution in [0.1, 0.15) is 10.4 Å². The van der Waals surface area contributed by atoms with Crippen LogP contribution < -0.4 is 15.0 Å². The van der Waals surface area contributed by atoms with Gasteiger partial charge in [0.1, 0.15) is 4.83 Å². The average molecular weight is 300 g/mol. The molecule has 0 saturated carbocycles. The average Bonchev–Trinajstić information content (AvgIpc) is 3.01. The van der Waals surface area contributed by atoms with Gasteiger partial charge in [-0.3, -0.25) is 4.79 Å². The number of hydrogen-bond acceptors (Lipinski definition) is 5. The molecular weight excluding hydrogens is 288 g/mol. The normalized spacial score (nSPS) is 12.3. The van der Waals surface area contributed by atoms with Crippen LogP contribution in [-0.2, 0) is 6.42 Å². The highest BCUT2D eigenvalue weighted by Gasteiger charge is 2.27. The largest absolute Gasteiger partial charge is 0.493 e. The maximum atomic E-state index is 12.1. The van der Waals surface area contributed by atoms with E-state index in [1.165, 1.54) is 11.2 Å². The van der Waals surface area contributed by atoms with Crippen LogP contribution in [0.2, 0.25) is 0 Å². The Hall–Kier alpha value is -2.34. The Kier molecular flexibility index (Phi) is 2.56. The van der Waals surface area contributed by atoms with Gasteiger partial charge in [0.05, 0.1) is 25.9 Å². The van der Waals surface area contributed by atoms with Gasteiger partial charge in [-0.25, -0.2) is 4.98 Å². The summed E-state index contributed by atoms with van der Waals surface area (Å²) in [6, 6.07) is 3.93. The van der Waals surface area contributed by atoms with E-state index in [2.05, 4.69) is 9.97 Å². The Morgan fingerprint density at radius 1 is 1.24 bits per heavy atom. The van der Waals surface area contributed by atoms with Gasteiger partial charge in [-0.2, -0.15) is 0 Å². The Balaban J connectivity index is 2.06. The smallest absolute Gasteiger partial charge is 0.260 e. The van der Waals surface area contributed by atoms with Crippen LogP contribution in [0.5, 0.6) is 11.5 Å². The molecule has 1 N–H and O–H groups in total. The first-order chi connectivity index (χ1) is 10.2. The minimum atomic E-state index is -0.0971. The zero-order chi connectivity index (χ0) is 14.6. The van der Waals surface area contributed by atoms with E-state index in [1.54, 1.807) is 25.6 Å². The fraction of sp³-hybridized carbons (Fsp3) is 0.200. The Bertz CT molecular complexity index is 927. The summed E-state index contributed by atoms with van der Waals surface area (Å²) in [4.78, 5) is 21.0.